The lowest BCUT2D eigenvalue weighted by atomic mass is 10.1. The molecule has 0 fully saturated rings. The fourth-order valence-corrected chi connectivity index (χ4v) is 5.68. The number of nitrogens with zero attached hydrogens (tertiary/aromatic N) is 3. The highest BCUT2D eigenvalue weighted by Gasteiger charge is 2.13. The molecule has 0 atom stereocenters. The molecular weight excluding hydrogens is 482 g/mol. The molecule has 6 nitrogen and oxygen atoms in total. The van der Waals surface area contributed by atoms with Crippen molar-refractivity contribution < 1.29 is 9.47 Å². The molecule has 0 aliphatic heterocycles. The number of hydrogen-bond acceptors (Lipinski definition) is 5. The maximum atomic E-state index is 13.3. The van der Waals surface area contributed by atoms with E-state index in [4.69, 9.17) is 9.47 Å². The van der Waals surface area contributed by atoms with Gasteiger partial charge in [-0.15, -0.1) is 6.58 Å². The van der Waals surface area contributed by atoms with Crippen LogP contribution < -0.4 is 19.6 Å². The van der Waals surface area contributed by atoms with Gasteiger partial charge in [0.25, 0.3) is 5.56 Å². The van der Waals surface area contributed by atoms with E-state index in [0.717, 1.165) is 39.5 Å². The molecule has 6 rings (SSSR count). The molecule has 3 heterocycles. The molecule has 3 aromatic carbocycles. The Morgan fingerprint density at radius 1 is 1.03 bits per heavy atom. The van der Waals surface area contributed by atoms with Gasteiger partial charge in [0.1, 0.15) is 6.61 Å². The molecule has 0 radical (unpaired) electrons. The summed E-state index contributed by atoms with van der Waals surface area (Å²) >= 11 is 1.42. The predicted octanol–water partition coefficient (Wildman–Crippen LogP) is 5.23. The Kier molecular flexibility index (Phi) is 5.98. The van der Waals surface area contributed by atoms with E-state index in [2.05, 4.69) is 34.5 Å². The molecule has 0 N–H and O–H groups in total. The third-order valence-electron chi connectivity index (χ3n) is 6.45. The highest BCUT2D eigenvalue weighted by Crippen LogP contribution is 2.29. The van der Waals surface area contributed by atoms with Crippen LogP contribution in [0.25, 0.3) is 33.0 Å². The van der Waals surface area contributed by atoms with Crippen molar-refractivity contribution in [2.75, 3.05) is 13.7 Å². The summed E-state index contributed by atoms with van der Waals surface area (Å²) in [4.78, 5) is 18.6. The van der Waals surface area contributed by atoms with Crippen LogP contribution in [0.4, 0.5) is 0 Å². The summed E-state index contributed by atoms with van der Waals surface area (Å²) in [7, 11) is 1.65. The van der Waals surface area contributed by atoms with Crippen molar-refractivity contribution in [3.05, 3.63) is 112 Å². The van der Waals surface area contributed by atoms with Gasteiger partial charge < -0.3 is 14.0 Å². The quantitative estimate of drug-likeness (QED) is 0.265. The van der Waals surface area contributed by atoms with Crippen molar-refractivity contribution >= 4 is 44.3 Å². The molecule has 0 saturated heterocycles. The number of aromatic nitrogens is 3. The molecule has 6 aromatic rings. The van der Waals surface area contributed by atoms with Gasteiger partial charge in [-0.25, -0.2) is 9.38 Å². The molecule has 3 aromatic heterocycles. The van der Waals surface area contributed by atoms with Crippen molar-refractivity contribution in [2.45, 2.75) is 13.0 Å². The number of allylic oxidation sites excluding steroid dienone is 1. The summed E-state index contributed by atoms with van der Waals surface area (Å²) < 4.78 is 16.1. The van der Waals surface area contributed by atoms with E-state index in [1.165, 1.54) is 11.3 Å². The number of rotatable bonds is 8. The Morgan fingerprint density at radius 2 is 1.84 bits per heavy atom. The Morgan fingerprint density at radius 3 is 2.68 bits per heavy atom. The number of thiazole rings is 1. The van der Waals surface area contributed by atoms with Gasteiger partial charge in [0, 0.05) is 22.7 Å². The normalized spacial score (nSPS) is 12.1. The zero-order chi connectivity index (χ0) is 25.4. The third kappa shape index (κ3) is 4.17. The summed E-state index contributed by atoms with van der Waals surface area (Å²) in [6.07, 6.45) is 6.70. The van der Waals surface area contributed by atoms with Gasteiger partial charge in [0.2, 0.25) is 0 Å². The van der Waals surface area contributed by atoms with Crippen molar-refractivity contribution in [1.29, 1.82) is 0 Å². The van der Waals surface area contributed by atoms with E-state index in [1.54, 1.807) is 11.5 Å². The minimum Gasteiger partial charge on any atom is -0.493 e. The van der Waals surface area contributed by atoms with Gasteiger partial charge in [0.05, 0.1) is 29.2 Å². The van der Waals surface area contributed by atoms with Crippen molar-refractivity contribution in [3.63, 3.8) is 0 Å². The van der Waals surface area contributed by atoms with Crippen LogP contribution >= 0.6 is 11.3 Å². The summed E-state index contributed by atoms with van der Waals surface area (Å²) in [5, 5.41) is 1.09. The smallest absolute Gasteiger partial charge is 0.274 e. The molecule has 0 saturated carbocycles. The molecule has 37 heavy (non-hydrogen) atoms. The van der Waals surface area contributed by atoms with Gasteiger partial charge in [-0.1, -0.05) is 53.8 Å². The Bertz CT molecular complexity index is 1880. The molecule has 0 amide bonds. The first kappa shape index (κ1) is 23.1. The number of para-hydroxylation sites is 3. The van der Waals surface area contributed by atoms with Gasteiger partial charge in [0.15, 0.2) is 16.5 Å². The summed E-state index contributed by atoms with van der Waals surface area (Å²) in [6.45, 7) is 4.92. The van der Waals surface area contributed by atoms with E-state index in [9.17, 15) is 4.79 Å². The SMILES string of the molecule is C=CCc1ccc(OCCn2cc(/C=c3\sc4nc5ccccc5n4c3=O)c3ccccc32)c(OC)c1. The molecule has 0 bridgehead atoms. The fraction of sp³-hybridized carbons (Fsp3) is 0.133. The van der Waals surface area contributed by atoms with Gasteiger partial charge >= 0.3 is 0 Å². The number of hydrogen-bond donors (Lipinski definition) is 0. The number of ether oxygens (including phenoxy) is 2. The second kappa shape index (κ2) is 9.59. The lowest BCUT2D eigenvalue weighted by molar-refractivity contribution is 0.281. The maximum Gasteiger partial charge on any atom is 0.274 e. The van der Waals surface area contributed by atoms with Crippen LogP contribution in [0.1, 0.15) is 11.1 Å². The van der Waals surface area contributed by atoms with Crippen LogP contribution in [0, 0.1) is 0 Å². The minimum absolute atomic E-state index is 0.0409. The number of methoxy groups -OCH3 is 1. The summed E-state index contributed by atoms with van der Waals surface area (Å²) in [6, 6.07) is 21.9. The van der Waals surface area contributed by atoms with Gasteiger partial charge in [-0.05, 0) is 48.4 Å². The van der Waals surface area contributed by atoms with Crippen LogP contribution in [0.3, 0.4) is 0 Å². The molecule has 0 aliphatic carbocycles. The van der Waals surface area contributed by atoms with Crippen LogP contribution in [-0.2, 0) is 13.0 Å². The summed E-state index contributed by atoms with van der Waals surface area (Å²) in [5.41, 5.74) is 4.84. The fourth-order valence-electron chi connectivity index (χ4n) is 4.71. The zero-order valence-electron chi connectivity index (χ0n) is 20.4. The first-order valence-electron chi connectivity index (χ1n) is 12.1. The van der Waals surface area contributed by atoms with Crippen LogP contribution in [-0.4, -0.2) is 27.7 Å². The van der Waals surface area contributed by atoms with Gasteiger partial charge in [-0.2, -0.15) is 0 Å². The van der Waals surface area contributed by atoms with Crippen molar-refractivity contribution in [3.8, 4) is 11.5 Å². The molecule has 0 spiro atoms. The van der Waals surface area contributed by atoms with Crippen LogP contribution in [0.5, 0.6) is 11.5 Å². The third-order valence-corrected chi connectivity index (χ3v) is 7.42. The van der Waals surface area contributed by atoms with E-state index in [0.29, 0.717) is 34.1 Å². The van der Waals surface area contributed by atoms with Crippen LogP contribution in [0.15, 0.2) is 90.4 Å². The Labute approximate surface area is 217 Å². The standard InChI is InChI=1S/C30H25N3O3S/c1-3-8-20-13-14-26(27(17-20)35-2)36-16-15-32-19-21(22-9-4-6-11-24(22)32)18-28-29(34)33-25-12-7-5-10-23(25)31-30(33)37-28/h3-7,9-14,17-19H,1,8,15-16H2,2H3/b28-18-. The van der Waals surface area contributed by atoms with Crippen LogP contribution in [0.2, 0.25) is 0 Å². The first-order valence-corrected chi connectivity index (χ1v) is 12.9. The second-order valence-electron chi connectivity index (χ2n) is 8.76. The topological polar surface area (TPSA) is 57.8 Å². The lowest BCUT2D eigenvalue weighted by Gasteiger charge is -2.12. The van der Waals surface area contributed by atoms with Crippen molar-refractivity contribution in [2.24, 2.45) is 0 Å². The summed E-state index contributed by atoms with van der Waals surface area (Å²) in [5.74, 6) is 1.42. The minimum atomic E-state index is -0.0409. The molecule has 0 aliphatic rings. The average molecular weight is 508 g/mol. The Balaban J connectivity index is 1.31. The van der Waals surface area contributed by atoms with E-state index in [-0.39, 0.29) is 5.56 Å². The zero-order valence-corrected chi connectivity index (χ0v) is 21.2. The second-order valence-corrected chi connectivity index (χ2v) is 9.76. The molecular formula is C30H25N3O3S. The highest BCUT2D eigenvalue weighted by atomic mass is 32.1. The number of fused-ring (bicyclic) bond motifs is 4. The van der Waals surface area contributed by atoms with Crippen molar-refractivity contribution in [1.82, 2.24) is 14.0 Å². The predicted molar refractivity (Wildman–Crippen MR) is 150 cm³/mol. The highest BCUT2D eigenvalue weighted by molar-refractivity contribution is 7.15. The monoisotopic (exact) mass is 507 g/mol. The van der Waals surface area contributed by atoms with E-state index < -0.39 is 0 Å². The van der Waals surface area contributed by atoms with E-state index in [1.807, 2.05) is 66.7 Å². The largest absolute Gasteiger partial charge is 0.493 e. The lowest BCUT2D eigenvalue weighted by Crippen LogP contribution is -2.22. The molecule has 184 valence electrons. The molecule has 7 heteroatoms. The van der Waals surface area contributed by atoms with Gasteiger partial charge in [-0.3, -0.25) is 4.79 Å². The average Bonchev–Trinajstić information content (AvgIpc) is 3.56. The maximum absolute atomic E-state index is 13.3. The molecule has 0 unspecified atom stereocenters. The first-order chi connectivity index (χ1) is 18.2. The number of imidazole rings is 1. The Hall–Kier alpha value is -4.36. The number of benzene rings is 3. The van der Waals surface area contributed by atoms with E-state index >= 15 is 0 Å².